The molecule has 1 aromatic heterocycles. The highest BCUT2D eigenvalue weighted by Gasteiger charge is 2.39. The Morgan fingerprint density at radius 2 is 2.28 bits per heavy atom. The molecule has 0 N–H and O–H groups in total. The third kappa shape index (κ3) is 2.39. The molecule has 2 nitrogen and oxygen atoms in total. The average molecular weight is 330 g/mol. The number of rotatable bonds is 3. The summed E-state index contributed by atoms with van der Waals surface area (Å²) in [5, 5.41) is 0.680. The molecule has 4 heteroatoms. The zero-order chi connectivity index (χ0) is 12.7. The fourth-order valence-electron chi connectivity index (χ4n) is 3.73. The molecular weight excluding hydrogens is 312 g/mol. The van der Waals surface area contributed by atoms with E-state index in [1.807, 2.05) is 6.07 Å². The molecule has 2 aliphatic carbocycles. The van der Waals surface area contributed by atoms with Gasteiger partial charge >= 0.3 is 0 Å². The summed E-state index contributed by atoms with van der Waals surface area (Å²) in [6, 6.07) is 1.92. The molecule has 3 atom stereocenters. The van der Waals surface area contributed by atoms with E-state index in [2.05, 4.69) is 32.9 Å². The van der Waals surface area contributed by atoms with E-state index in [1.165, 1.54) is 25.7 Å². The van der Waals surface area contributed by atoms with Gasteiger partial charge in [-0.2, -0.15) is 0 Å². The Kier molecular flexibility index (Phi) is 3.55. The van der Waals surface area contributed by atoms with E-state index in [0.717, 1.165) is 34.6 Å². The van der Waals surface area contributed by atoms with Crippen molar-refractivity contribution < 1.29 is 0 Å². The van der Waals surface area contributed by atoms with Gasteiger partial charge < -0.3 is 4.90 Å². The van der Waals surface area contributed by atoms with Gasteiger partial charge in [0.1, 0.15) is 5.82 Å². The molecule has 0 spiro atoms. The van der Waals surface area contributed by atoms with Crippen LogP contribution in [0.4, 0.5) is 5.82 Å². The highest BCUT2D eigenvalue weighted by Crippen LogP contribution is 2.48. The first-order valence-electron chi connectivity index (χ1n) is 6.65. The molecule has 2 bridgehead atoms. The SMILES string of the molecule is CN(CC1CC2CCC1C2)c1ncc(Cl)cc1Br. The van der Waals surface area contributed by atoms with E-state index < -0.39 is 0 Å². The monoisotopic (exact) mass is 328 g/mol. The number of hydrogen-bond acceptors (Lipinski definition) is 2. The topological polar surface area (TPSA) is 16.1 Å². The molecular formula is C14H18BrClN2. The third-order valence-electron chi connectivity index (χ3n) is 4.54. The summed E-state index contributed by atoms with van der Waals surface area (Å²) in [5.74, 6) is 3.83. The molecule has 98 valence electrons. The lowest BCUT2D eigenvalue weighted by Gasteiger charge is -2.28. The zero-order valence-corrected chi connectivity index (χ0v) is 12.9. The van der Waals surface area contributed by atoms with Crippen molar-refractivity contribution in [2.45, 2.75) is 25.7 Å². The molecule has 0 amide bonds. The lowest BCUT2D eigenvalue weighted by atomic mass is 9.88. The maximum atomic E-state index is 5.93. The summed E-state index contributed by atoms with van der Waals surface area (Å²) >= 11 is 9.48. The predicted octanol–water partition coefficient (Wildman–Crippen LogP) is 4.37. The van der Waals surface area contributed by atoms with Crippen molar-refractivity contribution in [1.29, 1.82) is 0 Å². The van der Waals surface area contributed by atoms with Crippen LogP contribution in [-0.4, -0.2) is 18.6 Å². The van der Waals surface area contributed by atoms with Gasteiger partial charge in [0.15, 0.2) is 0 Å². The largest absolute Gasteiger partial charge is 0.358 e. The van der Waals surface area contributed by atoms with E-state index >= 15 is 0 Å². The van der Waals surface area contributed by atoms with Crippen molar-refractivity contribution in [2.24, 2.45) is 17.8 Å². The van der Waals surface area contributed by atoms with Crippen LogP contribution in [0.5, 0.6) is 0 Å². The van der Waals surface area contributed by atoms with Crippen LogP contribution in [0.2, 0.25) is 5.02 Å². The maximum absolute atomic E-state index is 5.93. The van der Waals surface area contributed by atoms with Gasteiger partial charge in [0.25, 0.3) is 0 Å². The van der Waals surface area contributed by atoms with Crippen molar-refractivity contribution in [2.75, 3.05) is 18.5 Å². The van der Waals surface area contributed by atoms with E-state index in [-0.39, 0.29) is 0 Å². The standard InChI is InChI=1S/C14H18BrClN2/c1-18(14-13(15)6-12(16)7-17-14)8-11-5-9-2-3-10(11)4-9/h6-7,9-11H,2-5,8H2,1H3. The van der Waals surface area contributed by atoms with Gasteiger partial charge in [0, 0.05) is 19.8 Å². The summed E-state index contributed by atoms with van der Waals surface area (Å²) in [6.07, 6.45) is 7.51. The normalized spacial score (nSPS) is 29.8. The van der Waals surface area contributed by atoms with E-state index in [1.54, 1.807) is 6.20 Å². The summed E-state index contributed by atoms with van der Waals surface area (Å²) in [5.41, 5.74) is 0. The van der Waals surface area contributed by atoms with Gasteiger partial charge in [-0.3, -0.25) is 0 Å². The van der Waals surface area contributed by atoms with Gasteiger partial charge in [-0.05, 0) is 59.0 Å². The van der Waals surface area contributed by atoms with Gasteiger partial charge in [-0.1, -0.05) is 18.0 Å². The number of hydrogen-bond donors (Lipinski definition) is 0. The number of pyridine rings is 1. The van der Waals surface area contributed by atoms with Crippen LogP contribution in [-0.2, 0) is 0 Å². The Morgan fingerprint density at radius 1 is 1.44 bits per heavy atom. The number of anilines is 1. The molecule has 0 aromatic carbocycles. The van der Waals surface area contributed by atoms with E-state index in [0.29, 0.717) is 5.02 Å². The van der Waals surface area contributed by atoms with Crippen LogP contribution in [0.15, 0.2) is 16.7 Å². The van der Waals surface area contributed by atoms with Crippen molar-refractivity contribution >= 4 is 33.3 Å². The second kappa shape index (κ2) is 5.01. The Balaban J connectivity index is 1.69. The molecule has 3 rings (SSSR count). The van der Waals surface area contributed by atoms with Gasteiger partial charge in [0.2, 0.25) is 0 Å². The maximum Gasteiger partial charge on any atom is 0.142 e. The summed E-state index contributed by atoms with van der Waals surface area (Å²) in [4.78, 5) is 6.70. The number of halogens is 2. The van der Waals surface area contributed by atoms with Crippen LogP contribution in [0, 0.1) is 17.8 Å². The van der Waals surface area contributed by atoms with Crippen LogP contribution in [0.1, 0.15) is 25.7 Å². The van der Waals surface area contributed by atoms with E-state index in [4.69, 9.17) is 11.6 Å². The lowest BCUT2D eigenvalue weighted by Crippen LogP contribution is -2.29. The van der Waals surface area contributed by atoms with Crippen molar-refractivity contribution in [1.82, 2.24) is 4.98 Å². The third-order valence-corrected chi connectivity index (χ3v) is 5.33. The first-order valence-corrected chi connectivity index (χ1v) is 7.82. The lowest BCUT2D eigenvalue weighted by molar-refractivity contribution is 0.337. The second-order valence-corrected chi connectivity index (χ2v) is 7.07. The van der Waals surface area contributed by atoms with Crippen LogP contribution >= 0.6 is 27.5 Å². The fourth-order valence-corrected chi connectivity index (χ4v) is 4.67. The molecule has 1 heterocycles. The molecule has 3 unspecified atom stereocenters. The minimum atomic E-state index is 0.680. The molecule has 0 aliphatic heterocycles. The highest BCUT2D eigenvalue weighted by molar-refractivity contribution is 9.10. The molecule has 0 radical (unpaired) electrons. The predicted molar refractivity (Wildman–Crippen MR) is 79.2 cm³/mol. The van der Waals surface area contributed by atoms with Gasteiger partial charge in [0.05, 0.1) is 9.50 Å². The molecule has 1 aromatic rings. The molecule has 0 saturated heterocycles. The number of nitrogens with zero attached hydrogens (tertiary/aromatic N) is 2. The Bertz CT molecular complexity index is 451. The molecule has 18 heavy (non-hydrogen) atoms. The highest BCUT2D eigenvalue weighted by atomic mass is 79.9. The minimum Gasteiger partial charge on any atom is -0.358 e. The van der Waals surface area contributed by atoms with Gasteiger partial charge in [-0.25, -0.2) is 4.98 Å². The van der Waals surface area contributed by atoms with Crippen molar-refractivity contribution in [3.8, 4) is 0 Å². The van der Waals surface area contributed by atoms with Crippen LogP contribution in [0.3, 0.4) is 0 Å². The first-order chi connectivity index (χ1) is 8.63. The van der Waals surface area contributed by atoms with Crippen LogP contribution < -0.4 is 4.90 Å². The zero-order valence-electron chi connectivity index (χ0n) is 10.6. The molecule has 2 aliphatic rings. The van der Waals surface area contributed by atoms with Gasteiger partial charge in [-0.15, -0.1) is 0 Å². The Labute approximate surface area is 122 Å². The first kappa shape index (κ1) is 12.7. The summed E-state index contributed by atoms with van der Waals surface area (Å²) in [7, 11) is 2.13. The average Bonchev–Trinajstić information content (AvgIpc) is 2.90. The van der Waals surface area contributed by atoms with E-state index in [9.17, 15) is 0 Å². The smallest absolute Gasteiger partial charge is 0.142 e. The number of aromatic nitrogens is 1. The minimum absolute atomic E-state index is 0.680. The summed E-state index contributed by atoms with van der Waals surface area (Å²) < 4.78 is 0.987. The molecule has 2 fully saturated rings. The Hall–Kier alpha value is -0.280. The van der Waals surface area contributed by atoms with Crippen molar-refractivity contribution in [3.63, 3.8) is 0 Å². The summed E-state index contributed by atoms with van der Waals surface area (Å²) in [6.45, 7) is 1.12. The quantitative estimate of drug-likeness (QED) is 0.818. The number of fused-ring (bicyclic) bond motifs is 2. The Morgan fingerprint density at radius 3 is 2.89 bits per heavy atom. The molecule has 2 saturated carbocycles. The van der Waals surface area contributed by atoms with Crippen molar-refractivity contribution in [3.05, 3.63) is 21.8 Å². The van der Waals surface area contributed by atoms with Crippen LogP contribution in [0.25, 0.3) is 0 Å². The fraction of sp³-hybridized carbons (Fsp3) is 0.643. The second-order valence-electron chi connectivity index (χ2n) is 5.77.